The lowest BCUT2D eigenvalue weighted by Gasteiger charge is -2.11. The Balaban J connectivity index is 1.45. The summed E-state index contributed by atoms with van der Waals surface area (Å²) < 4.78 is 21.5. The summed E-state index contributed by atoms with van der Waals surface area (Å²) in [7, 11) is 4.65. The van der Waals surface area contributed by atoms with Crippen LogP contribution in [0.1, 0.15) is 10.4 Å². The number of nitrogens with zero attached hydrogens (tertiary/aromatic N) is 1. The molecule has 0 saturated carbocycles. The topological polar surface area (TPSA) is 94.9 Å². The van der Waals surface area contributed by atoms with Crippen molar-refractivity contribution in [3.8, 4) is 28.7 Å². The van der Waals surface area contributed by atoms with E-state index < -0.39 is 0 Å². The Morgan fingerprint density at radius 1 is 0.909 bits per heavy atom. The quantitative estimate of drug-likeness (QED) is 0.399. The van der Waals surface area contributed by atoms with Gasteiger partial charge in [0.2, 0.25) is 5.89 Å². The Kier molecular flexibility index (Phi) is 6.41. The van der Waals surface area contributed by atoms with Gasteiger partial charge in [-0.15, -0.1) is 0 Å². The van der Waals surface area contributed by atoms with Crippen molar-refractivity contribution in [3.63, 3.8) is 0 Å². The van der Waals surface area contributed by atoms with Gasteiger partial charge in [0.05, 0.1) is 21.3 Å². The monoisotopic (exact) mass is 463 g/mol. The van der Waals surface area contributed by atoms with E-state index in [1.54, 1.807) is 43.5 Å². The lowest BCUT2D eigenvalue weighted by atomic mass is 10.2. The summed E-state index contributed by atoms with van der Waals surface area (Å²) in [6.07, 6.45) is 0. The highest BCUT2D eigenvalue weighted by atomic mass is 32.1. The summed E-state index contributed by atoms with van der Waals surface area (Å²) in [5.74, 6) is 1.86. The Morgan fingerprint density at radius 3 is 2.36 bits per heavy atom. The fraction of sp³-hybridized carbons (Fsp3) is 0.125. The number of fused-ring (bicyclic) bond motifs is 1. The smallest absolute Gasteiger partial charge is 0.257 e. The summed E-state index contributed by atoms with van der Waals surface area (Å²) in [5.41, 5.74) is 3.16. The number of aromatic nitrogens is 1. The molecule has 1 aromatic heterocycles. The van der Waals surface area contributed by atoms with E-state index in [1.165, 1.54) is 14.2 Å². The number of carbonyl (C=O) groups is 1. The maximum absolute atomic E-state index is 12.6. The molecule has 0 saturated heterocycles. The highest BCUT2D eigenvalue weighted by molar-refractivity contribution is 7.80. The van der Waals surface area contributed by atoms with Crippen molar-refractivity contribution in [3.05, 3.63) is 66.2 Å². The second-order valence-corrected chi connectivity index (χ2v) is 7.32. The molecule has 0 fully saturated rings. The zero-order valence-electron chi connectivity index (χ0n) is 18.2. The third-order valence-corrected chi connectivity index (χ3v) is 5.06. The number of benzene rings is 3. The zero-order chi connectivity index (χ0) is 23.4. The summed E-state index contributed by atoms with van der Waals surface area (Å²) in [6.45, 7) is 0. The first-order valence-corrected chi connectivity index (χ1v) is 10.3. The predicted octanol–water partition coefficient (Wildman–Crippen LogP) is 4.65. The van der Waals surface area contributed by atoms with Crippen molar-refractivity contribution in [2.45, 2.75) is 0 Å². The number of rotatable bonds is 6. The van der Waals surface area contributed by atoms with Gasteiger partial charge < -0.3 is 23.9 Å². The molecule has 168 valence electrons. The molecule has 4 aromatic rings. The molecule has 0 unspecified atom stereocenters. The van der Waals surface area contributed by atoms with Crippen LogP contribution in [0.4, 0.5) is 5.69 Å². The van der Waals surface area contributed by atoms with Gasteiger partial charge in [0.25, 0.3) is 5.91 Å². The Morgan fingerprint density at radius 2 is 1.67 bits per heavy atom. The van der Waals surface area contributed by atoms with Gasteiger partial charge in [-0.2, -0.15) is 0 Å². The SMILES string of the molecule is COc1ccc(-c2nc3cc(NC(=S)NC(=O)c4ccc(OC)c(OC)c4)ccc3o2)cc1. The first-order valence-electron chi connectivity index (χ1n) is 9.90. The second kappa shape index (κ2) is 9.58. The maximum atomic E-state index is 12.6. The van der Waals surface area contributed by atoms with Crippen LogP contribution >= 0.6 is 12.2 Å². The van der Waals surface area contributed by atoms with Gasteiger partial charge >= 0.3 is 0 Å². The van der Waals surface area contributed by atoms with Gasteiger partial charge in [-0.25, -0.2) is 4.98 Å². The molecule has 4 rings (SSSR count). The van der Waals surface area contributed by atoms with E-state index in [0.717, 1.165) is 11.3 Å². The van der Waals surface area contributed by atoms with Crippen LogP contribution in [0.3, 0.4) is 0 Å². The number of oxazole rings is 1. The van der Waals surface area contributed by atoms with E-state index in [9.17, 15) is 4.79 Å². The first-order chi connectivity index (χ1) is 16.0. The average molecular weight is 464 g/mol. The van der Waals surface area contributed by atoms with Crippen molar-refractivity contribution in [1.29, 1.82) is 0 Å². The lowest BCUT2D eigenvalue weighted by Crippen LogP contribution is -2.34. The van der Waals surface area contributed by atoms with Crippen molar-refractivity contribution in [1.82, 2.24) is 10.3 Å². The number of amides is 1. The number of thiocarbonyl (C=S) groups is 1. The van der Waals surface area contributed by atoms with Crippen molar-refractivity contribution >= 4 is 40.0 Å². The van der Waals surface area contributed by atoms with Crippen LogP contribution in [0.25, 0.3) is 22.6 Å². The molecule has 3 aromatic carbocycles. The standard InChI is InChI=1S/C24H21N3O5S/c1-29-17-8-4-14(5-9-17)23-26-18-13-16(7-11-19(18)32-23)25-24(33)27-22(28)15-6-10-20(30-2)21(12-15)31-3/h4-13H,1-3H3,(H2,25,27,28,33). The number of hydrogen-bond donors (Lipinski definition) is 2. The van der Waals surface area contributed by atoms with Gasteiger partial charge in [0.15, 0.2) is 22.2 Å². The van der Waals surface area contributed by atoms with E-state index in [1.807, 2.05) is 24.3 Å². The molecule has 0 radical (unpaired) electrons. The third-order valence-electron chi connectivity index (χ3n) is 4.86. The number of nitrogens with one attached hydrogen (secondary N) is 2. The summed E-state index contributed by atoms with van der Waals surface area (Å²) in [4.78, 5) is 17.1. The van der Waals surface area contributed by atoms with E-state index in [-0.39, 0.29) is 11.0 Å². The van der Waals surface area contributed by atoms with Crippen molar-refractivity contribution in [2.24, 2.45) is 0 Å². The van der Waals surface area contributed by atoms with Crippen LogP contribution in [-0.2, 0) is 0 Å². The largest absolute Gasteiger partial charge is 0.497 e. The van der Waals surface area contributed by atoms with Gasteiger partial charge in [-0.3, -0.25) is 10.1 Å². The van der Waals surface area contributed by atoms with Gasteiger partial charge in [-0.1, -0.05) is 0 Å². The number of hydrogen-bond acceptors (Lipinski definition) is 7. The van der Waals surface area contributed by atoms with E-state index >= 15 is 0 Å². The maximum Gasteiger partial charge on any atom is 0.257 e. The van der Waals surface area contributed by atoms with E-state index in [4.69, 9.17) is 30.8 Å². The van der Waals surface area contributed by atoms with E-state index in [0.29, 0.717) is 39.7 Å². The highest BCUT2D eigenvalue weighted by Crippen LogP contribution is 2.28. The molecule has 0 aliphatic rings. The highest BCUT2D eigenvalue weighted by Gasteiger charge is 2.13. The normalized spacial score (nSPS) is 10.5. The van der Waals surface area contributed by atoms with Crippen LogP contribution in [-0.4, -0.2) is 37.3 Å². The number of ether oxygens (including phenoxy) is 3. The zero-order valence-corrected chi connectivity index (χ0v) is 19.0. The molecule has 1 heterocycles. The number of methoxy groups -OCH3 is 3. The lowest BCUT2D eigenvalue weighted by molar-refractivity contribution is 0.0977. The average Bonchev–Trinajstić information content (AvgIpc) is 3.27. The second-order valence-electron chi connectivity index (χ2n) is 6.91. The molecule has 33 heavy (non-hydrogen) atoms. The predicted molar refractivity (Wildman–Crippen MR) is 129 cm³/mol. The molecule has 8 nitrogen and oxygen atoms in total. The molecule has 0 atom stereocenters. The fourth-order valence-corrected chi connectivity index (χ4v) is 3.39. The van der Waals surface area contributed by atoms with Crippen LogP contribution < -0.4 is 24.8 Å². The minimum Gasteiger partial charge on any atom is -0.497 e. The minimum atomic E-state index is -0.377. The Hall–Kier alpha value is -4.11. The van der Waals surface area contributed by atoms with E-state index in [2.05, 4.69) is 15.6 Å². The molecular weight excluding hydrogens is 442 g/mol. The van der Waals surface area contributed by atoms with Crippen LogP contribution in [0.15, 0.2) is 65.1 Å². The third kappa shape index (κ3) is 4.88. The number of anilines is 1. The van der Waals surface area contributed by atoms with Crippen molar-refractivity contribution in [2.75, 3.05) is 26.6 Å². The molecule has 0 aliphatic carbocycles. The van der Waals surface area contributed by atoms with Gasteiger partial charge in [0.1, 0.15) is 11.3 Å². The minimum absolute atomic E-state index is 0.146. The molecular formula is C24H21N3O5S. The molecule has 0 spiro atoms. The molecule has 0 bridgehead atoms. The Bertz CT molecular complexity index is 1320. The summed E-state index contributed by atoms with van der Waals surface area (Å²) in [6, 6.07) is 17.7. The van der Waals surface area contributed by atoms with Gasteiger partial charge in [-0.05, 0) is 72.9 Å². The van der Waals surface area contributed by atoms with Crippen LogP contribution in [0.5, 0.6) is 17.2 Å². The van der Waals surface area contributed by atoms with Gasteiger partial charge in [0, 0.05) is 16.8 Å². The summed E-state index contributed by atoms with van der Waals surface area (Å²) in [5, 5.41) is 5.79. The summed E-state index contributed by atoms with van der Waals surface area (Å²) >= 11 is 5.30. The Labute approximate surface area is 195 Å². The molecule has 2 N–H and O–H groups in total. The fourth-order valence-electron chi connectivity index (χ4n) is 3.18. The van der Waals surface area contributed by atoms with Crippen molar-refractivity contribution < 1.29 is 23.4 Å². The molecule has 1 amide bonds. The van der Waals surface area contributed by atoms with Crippen LogP contribution in [0.2, 0.25) is 0 Å². The first kappa shape index (κ1) is 22.1. The van der Waals surface area contributed by atoms with Crippen LogP contribution in [0, 0.1) is 0 Å². The molecule has 9 heteroatoms. The molecule has 0 aliphatic heterocycles. The number of carbonyl (C=O) groups excluding carboxylic acids is 1.